The van der Waals surface area contributed by atoms with Gasteiger partial charge < -0.3 is 10.2 Å². The quantitative estimate of drug-likeness (QED) is 0.613. The van der Waals surface area contributed by atoms with Crippen molar-refractivity contribution in [3.05, 3.63) is 29.7 Å². The molecule has 2 rings (SSSR count). The molecular weight excluding hydrogens is 162 g/mol. The summed E-state index contributed by atoms with van der Waals surface area (Å²) in [5.41, 5.74) is 6.31. The predicted octanol–water partition coefficient (Wildman–Crippen LogP) is 2.67. The fraction of sp³-hybridized carbons (Fsp3) is 0. The molecule has 0 spiro atoms. The number of halogens is 1. The minimum atomic E-state index is 0.636. The molecule has 11 heavy (non-hydrogen) atoms. The highest BCUT2D eigenvalue weighted by molar-refractivity contribution is 6.31. The van der Waals surface area contributed by atoms with E-state index in [1.165, 1.54) is 0 Å². The molecule has 1 heterocycles. The van der Waals surface area contributed by atoms with E-state index in [2.05, 4.69) is 0 Å². The smallest absolute Gasteiger partial charge is 0.100 e. The maximum atomic E-state index is 5.76. The molecule has 2 aromatic rings. The van der Waals surface area contributed by atoms with E-state index in [9.17, 15) is 0 Å². The summed E-state index contributed by atoms with van der Waals surface area (Å²) in [5, 5.41) is 2.49. The predicted molar refractivity (Wildman–Crippen MR) is 45.6 cm³/mol. The van der Waals surface area contributed by atoms with Crippen LogP contribution in [0.25, 0.3) is 10.8 Å². The molecule has 3 heteroatoms. The van der Waals surface area contributed by atoms with Crippen LogP contribution < -0.4 is 5.73 Å². The summed E-state index contributed by atoms with van der Waals surface area (Å²) in [6, 6.07) is 3.52. The van der Waals surface area contributed by atoms with Crippen LogP contribution in [-0.4, -0.2) is 0 Å². The van der Waals surface area contributed by atoms with E-state index < -0.39 is 0 Å². The Balaban J connectivity index is 2.91. The molecule has 0 amide bonds. The third-order valence-corrected chi connectivity index (χ3v) is 1.81. The summed E-state index contributed by atoms with van der Waals surface area (Å²) in [5.74, 6) is 0. The summed E-state index contributed by atoms with van der Waals surface area (Å²) >= 11 is 5.76. The van der Waals surface area contributed by atoms with Gasteiger partial charge in [0.15, 0.2) is 0 Å². The lowest BCUT2D eigenvalue weighted by atomic mass is 10.2. The van der Waals surface area contributed by atoms with Gasteiger partial charge in [0.2, 0.25) is 0 Å². The summed E-state index contributed by atoms with van der Waals surface area (Å²) in [6.45, 7) is 0. The first-order valence-electron chi connectivity index (χ1n) is 3.18. The number of hydrogen-bond donors (Lipinski definition) is 1. The van der Waals surface area contributed by atoms with Crippen LogP contribution in [0.3, 0.4) is 0 Å². The third-order valence-electron chi connectivity index (χ3n) is 1.59. The number of anilines is 1. The minimum Gasteiger partial charge on any atom is -0.471 e. The molecule has 0 fully saturated rings. The van der Waals surface area contributed by atoms with Gasteiger partial charge in [-0.3, -0.25) is 0 Å². The normalized spacial score (nSPS) is 10.6. The first-order chi connectivity index (χ1) is 5.27. The molecule has 0 aliphatic rings. The monoisotopic (exact) mass is 167 g/mol. The molecule has 0 bridgehead atoms. The molecule has 0 aliphatic heterocycles. The van der Waals surface area contributed by atoms with Crippen LogP contribution in [0.15, 0.2) is 29.1 Å². The van der Waals surface area contributed by atoms with Gasteiger partial charge in [-0.1, -0.05) is 11.6 Å². The van der Waals surface area contributed by atoms with Gasteiger partial charge in [0.05, 0.1) is 6.26 Å². The Morgan fingerprint density at radius 2 is 2.09 bits per heavy atom. The zero-order valence-corrected chi connectivity index (χ0v) is 6.43. The van der Waals surface area contributed by atoms with E-state index in [1.807, 2.05) is 6.07 Å². The molecule has 0 atom stereocenters. The first kappa shape index (κ1) is 6.55. The summed E-state index contributed by atoms with van der Waals surface area (Å²) < 4.78 is 4.96. The van der Waals surface area contributed by atoms with E-state index in [-0.39, 0.29) is 0 Å². The van der Waals surface area contributed by atoms with Crippen LogP contribution >= 0.6 is 11.6 Å². The highest BCUT2D eigenvalue weighted by Crippen LogP contribution is 2.26. The zero-order chi connectivity index (χ0) is 7.84. The van der Waals surface area contributed by atoms with Crippen molar-refractivity contribution in [2.45, 2.75) is 0 Å². The number of furan rings is 1. The van der Waals surface area contributed by atoms with E-state index in [0.29, 0.717) is 10.7 Å². The second kappa shape index (κ2) is 2.17. The van der Waals surface area contributed by atoms with Crippen molar-refractivity contribution in [3.63, 3.8) is 0 Å². The Hall–Kier alpha value is -1.15. The van der Waals surface area contributed by atoms with Gasteiger partial charge in [-0.2, -0.15) is 0 Å². The lowest BCUT2D eigenvalue weighted by molar-refractivity contribution is 0.572. The van der Waals surface area contributed by atoms with Gasteiger partial charge in [-0.25, -0.2) is 0 Å². The highest BCUT2D eigenvalue weighted by Gasteiger charge is 2.00. The largest absolute Gasteiger partial charge is 0.471 e. The van der Waals surface area contributed by atoms with Crippen molar-refractivity contribution < 1.29 is 4.42 Å². The highest BCUT2D eigenvalue weighted by atomic mass is 35.5. The molecule has 2 N–H and O–H groups in total. The third kappa shape index (κ3) is 0.955. The fourth-order valence-electron chi connectivity index (χ4n) is 1.07. The molecule has 56 valence electrons. The lowest BCUT2D eigenvalue weighted by Gasteiger charge is -1.94. The van der Waals surface area contributed by atoms with E-state index in [4.69, 9.17) is 21.8 Å². The minimum absolute atomic E-state index is 0.636. The van der Waals surface area contributed by atoms with Crippen molar-refractivity contribution in [1.82, 2.24) is 0 Å². The number of fused-ring (bicyclic) bond motifs is 1. The van der Waals surface area contributed by atoms with Crippen LogP contribution in [0, 0.1) is 0 Å². The number of nitrogens with two attached hydrogens (primary N) is 1. The second-order valence-electron chi connectivity index (χ2n) is 2.37. The van der Waals surface area contributed by atoms with E-state index in [0.717, 1.165) is 10.8 Å². The molecule has 0 unspecified atom stereocenters. The van der Waals surface area contributed by atoms with Crippen LogP contribution in [-0.2, 0) is 0 Å². The lowest BCUT2D eigenvalue weighted by Crippen LogP contribution is -1.83. The zero-order valence-electron chi connectivity index (χ0n) is 5.67. The van der Waals surface area contributed by atoms with Crippen LogP contribution in [0.5, 0.6) is 0 Å². The van der Waals surface area contributed by atoms with Crippen LogP contribution in [0.2, 0.25) is 5.02 Å². The van der Waals surface area contributed by atoms with Crippen LogP contribution in [0.1, 0.15) is 0 Å². The Labute approximate surface area is 68.6 Å². The molecule has 0 radical (unpaired) electrons. The number of benzene rings is 1. The summed E-state index contributed by atoms with van der Waals surface area (Å²) in [6.07, 6.45) is 3.23. The average molecular weight is 168 g/mol. The number of hydrogen-bond acceptors (Lipinski definition) is 2. The van der Waals surface area contributed by atoms with Gasteiger partial charge in [0.25, 0.3) is 0 Å². The van der Waals surface area contributed by atoms with Crippen LogP contribution in [0.4, 0.5) is 5.69 Å². The van der Waals surface area contributed by atoms with Crippen molar-refractivity contribution in [2.75, 3.05) is 5.73 Å². The van der Waals surface area contributed by atoms with Crippen molar-refractivity contribution >= 4 is 28.1 Å². The number of nitrogen functional groups attached to an aromatic ring is 1. The molecule has 0 saturated heterocycles. The molecular formula is C8H6ClNO. The van der Waals surface area contributed by atoms with Gasteiger partial charge in [0.1, 0.15) is 6.26 Å². The van der Waals surface area contributed by atoms with E-state index >= 15 is 0 Å². The molecule has 0 aliphatic carbocycles. The second-order valence-corrected chi connectivity index (χ2v) is 2.81. The maximum Gasteiger partial charge on any atom is 0.100 e. The topological polar surface area (TPSA) is 39.2 Å². The molecule has 1 aromatic carbocycles. The molecule has 2 nitrogen and oxygen atoms in total. The summed E-state index contributed by atoms with van der Waals surface area (Å²) in [7, 11) is 0. The van der Waals surface area contributed by atoms with E-state index in [1.54, 1.807) is 18.6 Å². The van der Waals surface area contributed by atoms with Gasteiger partial charge in [0, 0.05) is 21.5 Å². The van der Waals surface area contributed by atoms with Gasteiger partial charge in [-0.05, 0) is 12.1 Å². The summed E-state index contributed by atoms with van der Waals surface area (Å²) in [4.78, 5) is 0. The Morgan fingerprint density at radius 1 is 1.27 bits per heavy atom. The molecule has 0 saturated carbocycles. The Kier molecular flexibility index (Phi) is 1.29. The first-order valence-corrected chi connectivity index (χ1v) is 3.56. The van der Waals surface area contributed by atoms with Gasteiger partial charge in [-0.15, -0.1) is 0 Å². The SMILES string of the molecule is Nc1cc(Cl)cc2cocc12. The number of rotatable bonds is 0. The average Bonchev–Trinajstić information content (AvgIpc) is 2.34. The Morgan fingerprint density at radius 3 is 2.91 bits per heavy atom. The molecule has 1 aromatic heterocycles. The van der Waals surface area contributed by atoms with Crippen molar-refractivity contribution in [1.29, 1.82) is 0 Å². The van der Waals surface area contributed by atoms with Gasteiger partial charge >= 0.3 is 0 Å². The Bertz CT molecular complexity index is 394. The standard InChI is InChI=1S/C8H6ClNO/c9-6-1-5-3-11-4-7(5)8(10)2-6/h1-4H,10H2. The van der Waals surface area contributed by atoms with Crippen molar-refractivity contribution in [2.24, 2.45) is 0 Å². The van der Waals surface area contributed by atoms with Crippen molar-refractivity contribution in [3.8, 4) is 0 Å². The maximum absolute atomic E-state index is 5.76. The fourth-order valence-corrected chi connectivity index (χ4v) is 1.30.